The van der Waals surface area contributed by atoms with Gasteiger partial charge in [0.1, 0.15) is 5.82 Å². The number of hydrogen-bond donors (Lipinski definition) is 2. The fraction of sp³-hybridized carbons (Fsp3) is 0.222. The Morgan fingerprint density at radius 2 is 1.80 bits per heavy atom. The number of hydrogen-bond acceptors (Lipinski definition) is 6. The van der Waals surface area contributed by atoms with Crippen LogP contribution in [0.1, 0.15) is 46.7 Å². The number of benzene rings is 2. The number of allylic oxidation sites excluding steroid dienone is 1. The lowest BCUT2D eigenvalue weighted by Crippen LogP contribution is -2.17. The fourth-order valence-electron chi connectivity index (χ4n) is 3.64. The summed E-state index contributed by atoms with van der Waals surface area (Å²) in [5.41, 5.74) is 2.92. The first kappa shape index (κ1) is 25.4. The van der Waals surface area contributed by atoms with Crippen LogP contribution in [0.2, 0.25) is 0 Å². The summed E-state index contributed by atoms with van der Waals surface area (Å²) >= 11 is 0. The smallest absolute Gasteiger partial charge is 0.341 e. The average molecular weight is 478 g/mol. The molecule has 0 unspecified atom stereocenters. The summed E-state index contributed by atoms with van der Waals surface area (Å²) in [4.78, 5) is 38.7. The lowest BCUT2D eigenvalue weighted by atomic mass is 9.95. The van der Waals surface area contributed by atoms with E-state index in [-0.39, 0.29) is 34.2 Å². The molecule has 35 heavy (non-hydrogen) atoms. The lowest BCUT2D eigenvalue weighted by Gasteiger charge is -2.22. The second-order valence-electron chi connectivity index (χ2n) is 8.48. The molecule has 0 aliphatic rings. The Morgan fingerprint density at radius 3 is 2.40 bits per heavy atom. The second-order valence-corrected chi connectivity index (χ2v) is 8.48. The van der Waals surface area contributed by atoms with Gasteiger partial charge in [0.2, 0.25) is 5.91 Å². The second kappa shape index (κ2) is 10.4. The standard InChI is InChI=1S/C27H28FN3O4/c1-15-10-11-23(22(28)12-15)30-25-16(2)27(34)35-26(21(25)14-32)24(17(3)31(5)6)19-8-7-9-20(13-19)29-18(4)33/h7-14,30H,1-6H3,(H,29,33)/b24-17-. The molecule has 0 saturated carbocycles. The number of carbonyl (C=O) groups excluding carboxylic acids is 2. The van der Waals surface area contributed by atoms with Crippen molar-refractivity contribution in [1.82, 2.24) is 4.90 Å². The van der Waals surface area contributed by atoms with Gasteiger partial charge in [0.25, 0.3) is 0 Å². The molecule has 3 aromatic rings. The molecule has 8 heteroatoms. The summed E-state index contributed by atoms with van der Waals surface area (Å²) in [5, 5.41) is 5.65. The molecule has 0 radical (unpaired) electrons. The van der Waals surface area contributed by atoms with E-state index in [2.05, 4.69) is 10.6 Å². The minimum Gasteiger partial charge on any atom is -0.422 e. The van der Waals surface area contributed by atoms with E-state index in [1.54, 1.807) is 43.3 Å². The molecular weight excluding hydrogens is 449 g/mol. The molecule has 7 nitrogen and oxygen atoms in total. The quantitative estimate of drug-likeness (QED) is 0.452. The van der Waals surface area contributed by atoms with Crippen molar-refractivity contribution in [3.63, 3.8) is 0 Å². The van der Waals surface area contributed by atoms with E-state index in [1.165, 1.54) is 19.9 Å². The number of aryl methyl sites for hydroxylation is 1. The first-order valence-corrected chi connectivity index (χ1v) is 11.0. The number of aldehydes is 1. The average Bonchev–Trinajstić information content (AvgIpc) is 2.78. The molecule has 2 aromatic carbocycles. The molecule has 3 rings (SSSR count). The Kier molecular flexibility index (Phi) is 7.54. The number of rotatable bonds is 7. The van der Waals surface area contributed by atoms with Crippen molar-refractivity contribution in [3.05, 3.63) is 92.4 Å². The van der Waals surface area contributed by atoms with E-state index in [0.29, 0.717) is 28.8 Å². The third-order valence-corrected chi connectivity index (χ3v) is 5.62. The number of nitrogens with zero attached hydrogens (tertiary/aromatic N) is 1. The van der Waals surface area contributed by atoms with Gasteiger partial charge in [-0.05, 0) is 56.2 Å². The summed E-state index contributed by atoms with van der Waals surface area (Å²) in [6.07, 6.45) is 0.584. The molecule has 1 amide bonds. The molecule has 0 fully saturated rings. The summed E-state index contributed by atoms with van der Waals surface area (Å²) in [6, 6.07) is 11.6. The van der Waals surface area contributed by atoms with Gasteiger partial charge in [-0.2, -0.15) is 0 Å². The van der Waals surface area contributed by atoms with Gasteiger partial charge in [-0.15, -0.1) is 0 Å². The summed E-state index contributed by atoms with van der Waals surface area (Å²) in [6.45, 7) is 6.50. The zero-order chi connectivity index (χ0) is 25.9. The Morgan fingerprint density at radius 1 is 1.09 bits per heavy atom. The highest BCUT2D eigenvalue weighted by Gasteiger charge is 2.24. The van der Waals surface area contributed by atoms with Crippen LogP contribution < -0.4 is 16.3 Å². The number of amides is 1. The van der Waals surface area contributed by atoms with Crippen LogP contribution in [0.5, 0.6) is 0 Å². The molecule has 182 valence electrons. The van der Waals surface area contributed by atoms with Gasteiger partial charge < -0.3 is 20.0 Å². The predicted octanol–water partition coefficient (Wildman–Crippen LogP) is 5.25. The van der Waals surface area contributed by atoms with E-state index >= 15 is 0 Å². The summed E-state index contributed by atoms with van der Waals surface area (Å²) < 4.78 is 20.3. The van der Waals surface area contributed by atoms with Gasteiger partial charge in [0.05, 0.1) is 22.5 Å². The molecule has 0 aliphatic carbocycles. The fourth-order valence-corrected chi connectivity index (χ4v) is 3.64. The van der Waals surface area contributed by atoms with Crippen LogP contribution in [0.15, 0.2) is 57.4 Å². The van der Waals surface area contributed by atoms with Gasteiger partial charge in [0.15, 0.2) is 12.0 Å². The Hall–Kier alpha value is -4.20. The summed E-state index contributed by atoms with van der Waals surface area (Å²) in [7, 11) is 3.64. The maximum Gasteiger partial charge on any atom is 0.341 e. The number of carbonyl (C=O) groups is 2. The zero-order valence-electron chi connectivity index (χ0n) is 20.6. The highest BCUT2D eigenvalue weighted by atomic mass is 19.1. The van der Waals surface area contributed by atoms with Crippen LogP contribution in [0, 0.1) is 19.7 Å². The van der Waals surface area contributed by atoms with Gasteiger partial charge in [-0.3, -0.25) is 9.59 Å². The van der Waals surface area contributed by atoms with Crippen molar-refractivity contribution in [2.24, 2.45) is 0 Å². The van der Waals surface area contributed by atoms with E-state index in [1.807, 2.05) is 25.9 Å². The molecular formula is C27H28FN3O4. The van der Waals surface area contributed by atoms with Crippen molar-refractivity contribution in [2.45, 2.75) is 27.7 Å². The molecule has 0 spiro atoms. The summed E-state index contributed by atoms with van der Waals surface area (Å²) in [5.74, 6) is -0.713. The largest absolute Gasteiger partial charge is 0.422 e. The lowest BCUT2D eigenvalue weighted by molar-refractivity contribution is -0.114. The van der Waals surface area contributed by atoms with Crippen LogP contribution >= 0.6 is 0 Å². The topological polar surface area (TPSA) is 91.7 Å². The van der Waals surface area contributed by atoms with Crippen molar-refractivity contribution in [1.29, 1.82) is 0 Å². The van der Waals surface area contributed by atoms with Crippen LogP contribution in [0.4, 0.5) is 21.5 Å². The number of halogens is 1. The zero-order valence-corrected chi connectivity index (χ0v) is 20.6. The third kappa shape index (κ3) is 5.48. The van der Waals surface area contributed by atoms with Crippen LogP contribution in [0.3, 0.4) is 0 Å². The minimum absolute atomic E-state index is 0.0387. The maximum atomic E-state index is 14.6. The van der Waals surface area contributed by atoms with Crippen molar-refractivity contribution in [3.8, 4) is 0 Å². The molecule has 0 bridgehead atoms. The maximum absolute atomic E-state index is 14.6. The Balaban J connectivity index is 2.31. The normalized spacial score (nSPS) is 11.5. The van der Waals surface area contributed by atoms with E-state index in [4.69, 9.17) is 4.42 Å². The van der Waals surface area contributed by atoms with E-state index in [0.717, 1.165) is 5.56 Å². The van der Waals surface area contributed by atoms with E-state index < -0.39 is 11.4 Å². The SMILES string of the molecule is CC(=O)Nc1cccc(/C(=C(\C)N(C)C)c2oc(=O)c(C)c(Nc3ccc(C)cc3F)c2C=O)c1. The Labute approximate surface area is 203 Å². The molecule has 0 atom stereocenters. The highest BCUT2D eigenvalue weighted by Crippen LogP contribution is 2.35. The van der Waals surface area contributed by atoms with Crippen LogP contribution in [-0.2, 0) is 4.79 Å². The van der Waals surface area contributed by atoms with Gasteiger partial charge in [0, 0.05) is 38.0 Å². The van der Waals surface area contributed by atoms with Gasteiger partial charge in [-0.1, -0.05) is 18.2 Å². The minimum atomic E-state index is -0.664. The highest BCUT2D eigenvalue weighted by molar-refractivity contribution is 5.97. The number of nitrogens with one attached hydrogen (secondary N) is 2. The molecule has 0 aliphatic heterocycles. The van der Waals surface area contributed by atoms with Crippen LogP contribution in [-0.4, -0.2) is 31.2 Å². The Bertz CT molecular complexity index is 1390. The van der Waals surface area contributed by atoms with Crippen molar-refractivity contribution >= 4 is 34.8 Å². The van der Waals surface area contributed by atoms with Crippen LogP contribution in [0.25, 0.3) is 5.57 Å². The first-order chi connectivity index (χ1) is 16.5. The first-order valence-electron chi connectivity index (χ1n) is 11.0. The van der Waals surface area contributed by atoms with E-state index in [9.17, 15) is 18.8 Å². The molecule has 1 aromatic heterocycles. The van der Waals surface area contributed by atoms with Crippen molar-refractivity contribution < 1.29 is 18.4 Å². The van der Waals surface area contributed by atoms with Crippen molar-refractivity contribution in [2.75, 3.05) is 24.7 Å². The monoisotopic (exact) mass is 477 g/mol. The number of anilines is 3. The molecule has 0 saturated heterocycles. The molecule has 1 heterocycles. The third-order valence-electron chi connectivity index (χ3n) is 5.62. The van der Waals surface area contributed by atoms with Gasteiger partial charge in [-0.25, -0.2) is 9.18 Å². The predicted molar refractivity (Wildman–Crippen MR) is 136 cm³/mol. The molecule has 2 N–H and O–H groups in total. The van der Waals surface area contributed by atoms with Gasteiger partial charge >= 0.3 is 5.63 Å².